The minimum Gasteiger partial charge on any atom is -0.320 e. The highest BCUT2D eigenvalue weighted by Gasteiger charge is 2.14. The Hall–Kier alpha value is -1.16. The predicted octanol–water partition coefficient (Wildman–Crippen LogP) is 2.61. The molecule has 0 bridgehead atoms. The molecule has 0 aliphatic heterocycles. The third-order valence-electron chi connectivity index (χ3n) is 1.58. The molecule has 0 aliphatic carbocycles. The molecule has 14 heavy (non-hydrogen) atoms. The largest absolute Gasteiger partial charge is 0.320 e. The summed E-state index contributed by atoms with van der Waals surface area (Å²) < 4.78 is 25.3. The summed E-state index contributed by atoms with van der Waals surface area (Å²) in [5, 5.41) is 2.02. The van der Waals surface area contributed by atoms with Crippen molar-refractivity contribution < 1.29 is 13.6 Å². The Morgan fingerprint density at radius 2 is 2.21 bits per heavy atom. The average Bonchev–Trinajstić information content (AvgIpc) is 2.09. The fourth-order valence-corrected chi connectivity index (χ4v) is 0.963. The first-order valence-electron chi connectivity index (χ1n) is 3.86. The van der Waals surface area contributed by atoms with Crippen LogP contribution in [0.15, 0.2) is 18.2 Å². The number of carbonyl (C=O) groups is 1. The lowest BCUT2D eigenvalue weighted by Crippen LogP contribution is -2.19. The van der Waals surface area contributed by atoms with Crippen LogP contribution in [0, 0.1) is 12.7 Å². The second-order valence-corrected chi connectivity index (χ2v) is 3.16. The number of benzene rings is 1. The van der Waals surface area contributed by atoms with E-state index in [1.807, 2.05) is 5.32 Å². The quantitative estimate of drug-likeness (QED) is 0.762. The van der Waals surface area contributed by atoms with Gasteiger partial charge in [-0.1, -0.05) is 17.7 Å². The molecular weight excluding hydrogens is 212 g/mol. The normalized spacial score (nSPS) is 12.3. The highest BCUT2D eigenvalue weighted by molar-refractivity contribution is 6.31. The molecule has 0 spiro atoms. The lowest BCUT2D eigenvalue weighted by atomic mass is 10.2. The summed E-state index contributed by atoms with van der Waals surface area (Å²) in [5.41, 5.74) is -1.54. The molecule has 1 unspecified atom stereocenters. The van der Waals surface area contributed by atoms with Crippen LogP contribution in [0.2, 0.25) is 0 Å². The van der Waals surface area contributed by atoms with Gasteiger partial charge < -0.3 is 5.32 Å². The van der Waals surface area contributed by atoms with Crippen LogP contribution >= 0.6 is 11.6 Å². The van der Waals surface area contributed by atoms with Crippen LogP contribution in [0.5, 0.6) is 0 Å². The highest BCUT2D eigenvalue weighted by Crippen LogP contribution is 2.16. The summed E-state index contributed by atoms with van der Waals surface area (Å²) in [6, 6.07) is 4.18. The SMILES string of the molecule is Cc1ccc(NC(=O)C(F)Cl)c(F)c1. The number of hydrogen-bond acceptors (Lipinski definition) is 1. The van der Waals surface area contributed by atoms with Crippen LogP contribution in [0.4, 0.5) is 14.5 Å². The molecule has 0 saturated heterocycles. The number of halogens is 3. The second-order valence-electron chi connectivity index (χ2n) is 2.77. The molecule has 1 atom stereocenters. The molecule has 2 nitrogen and oxygen atoms in total. The van der Waals surface area contributed by atoms with E-state index in [1.165, 1.54) is 12.1 Å². The van der Waals surface area contributed by atoms with Crippen molar-refractivity contribution >= 4 is 23.2 Å². The average molecular weight is 220 g/mol. The molecule has 1 amide bonds. The molecule has 1 aromatic carbocycles. The number of hydrogen-bond donors (Lipinski definition) is 1. The van der Waals surface area contributed by atoms with Crippen molar-refractivity contribution in [2.45, 2.75) is 12.6 Å². The minimum absolute atomic E-state index is 0.0797. The first kappa shape index (κ1) is 10.9. The highest BCUT2D eigenvalue weighted by atomic mass is 35.5. The Bertz CT molecular complexity index is 355. The Labute approximate surface area is 84.9 Å². The van der Waals surface area contributed by atoms with E-state index in [9.17, 15) is 13.6 Å². The zero-order valence-electron chi connectivity index (χ0n) is 7.35. The van der Waals surface area contributed by atoms with Crippen molar-refractivity contribution in [2.75, 3.05) is 5.32 Å². The van der Waals surface area contributed by atoms with Gasteiger partial charge in [-0.25, -0.2) is 8.78 Å². The molecule has 5 heteroatoms. The maximum absolute atomic E-state index is 13.1. The second kappa shape index (κ2) is 4.37. The van der Waals surface area contributed by atoms with Crippen molar-refractivity contribution in [3.8, 4) is 0 Å². The molecule has 1 aromatic rings. The summed E-state index contributed by atoms with van der Waals surface area (Å²) in [5.74, 6) is -1.69. The third-order valence-corrected chi connectivity index (χ3v) is 1.78. The predicted molar refractivity (Wildman–Crippen MR) is 50.5 cm³/mol. The molecular formula is C9H8ClF2NO. The zero-order chi connectivity index (χ0) is 10.7. The van der Waals surface area contributed by atoms with Crippen molar-refractivity contribution in [1.29, 1.82) is 0 Å². The van der Waals surface area contributed by atoms with Gasteiger partial charge in [-0.05, 0) is 24.6 Å². The molecule has 0 heterocycles. The maximum Gasteiger partial charge on any atom is 0.274 e. The van der Waals surface area contributed by atoms with Gasteiger partial charge in [0.2, 0.25) is 0 Å². The van der Waals surface area contributed by atoms with E-state index in [4.69, 9.17) is 11.6 Å². The van der Waals surface area contributed by atoms with E-state index in [0.717, 1.165) is 0 Å². The van der Waals surface area contributed by atoms with Gasteiger partial charge in [0.25, 0.3) is 11.5 Å². The smallest absolute Gasteiger partial charge is 0.274 e. The summed E-state index contributed by atoms with van der Waals surface area (Å²) >= 11 is 4.86. The van der Waals surface area contributed by atoms with E-state index in [1.54, 1.807) is 13.0 Å². The van der Waals surface area contributed by atoms with Gasteiger partial charge >= 0.3 is 0 Å². The van der Waals surface area contributed by atoms with E-state index in [-0.39, 0.29) is 5.69 Å². The van der Waals surface area contributed by atoms with Gasteiger partial charge in [0.05, 0.1) is 5.69 Å². The molecule has 0 aliphatic rings. The third kappa shape index (κ3) is 2.67. The van der Waals surface area contributed by atoms with E-state index in [2.05, 4.69) is 0 Å². The van der Waals surface area contributed by atoms with Crippen LogP contribution in [-0.4, -0.2) is 11.5 Å². The number of nitrogens with one attached hydrogen (secondary N) is 1. The van der Waals surface area contributed by atoms with Crippen LogP contribution in [0.3, 0.4) is 0 Å². The Balaban J connectivity index is 2.82. The molecule has 0 radical (unpaired) electrons. The van der Waals surface area contributed by atoms with Gasteiger partial charge in [0.1, 0.15) is 5.82 Å². The van der Waals surface area contributed by atoms with E-state index >= 15 is 0 Å². The zero-order valence-corrected chi connectivity index (χ0v) is 8.11. The van der Waals surface area contributed by atoms with E-state index < -0.39 is 17.4 Å². The summed E-state index contributed by atoms with van der Waals surface area (Å²) in [6.07, 6.45) is 0. The number of aryl methyl sites for hydroxylation is 1. The van der Waals surface area contributed by atoms with Crippen LogP contribution in [0.25, 0.3) is 0 Å². The molecule has 0 saturated carbocycles. The Kier molecular flexibility index (Phi) is 3.41. The fraction of sp³-hybridized carbons (Fsp3) is 0.222. The summed E-state index contributed by atoms with van der Waals surface area (Å²) in [6.45, 7) is 1.70. The lowest BCUT2D eigenvalue weighted by Gasteiger charge is -2.06. The number of alkyl halides is 2. The molecule has 0 fully saturated rings. The molecule has 76 valence electrons. The number of anilines is 1. The maximum atomic E-state index is 13.1. The fourth-order valence-electron chi connectivity index (χ4n) is 0.909. The standard InChI is InChI=1S/C9H8ClF2NO/c1-5-2-3-7(6(11)4-5)13-9(14)8(10)12/h2-4,8H,1H3,(H,13,14). The molecule has 1 N–H and O–H groups in total. The van der Waals surface area contributed by atoms with E-state index in [0.29, 0.717) is 5.56 Å². The van der Waals surface area contributed by atoms with Gasteiger partial charge in [-0.3, -0.25) is 4.79 Å². The van der Waals surface area contributed by atoms with Crippen molar-refractivity contribution in [3.63, 3.8) is 0 Å². The van der Waals surface area contributed by atoms with Crippen LogP contribution in [-0.2, 0) is 4.79 Å². The molecule has 0 aromatic heterocycles. The summed E-state index contributed by atoms with van der Waals surface area (Å²) in [4.78, 5) is 10.8. The topological polar surface area (TPSA) is 29.1 Å². The van der Waals surface area contributed by atoms with Crippen molar-refractivity contribution in [3.05, 3.63) is 29.6 Å². The number of amides is 1. The summed E-state index contributed by atoms with van der Waals surface area (Å²) in [7, 11) is 0. The Morgan fingerprint density at radius 1 is 1.57 bits per heavy atom. The first-order valence-corrected chi connectivity index (χ1v) is 4.29. The molecule has 1 rings (SSSR count). The van der Waals surface area contributed by atoms with Crippen molar-refractivity contribution in [1.82, 2.24) is 0 Å². The first-order chi connectivity index (χ1) is 6.50. The van der Waals surface area contributed by atoms with Gasteiger partial charge in [0.15, 0.2) is 0 Å². The number of rotatable bonds is 2. The van der Waals surface area contributed by atoms with Gasteiger partial charge in [-0.2, -0.15) is 0 Å². The van der Waals surface area contributed by atoms with Crippen molar-refractivity contribution in [2.24, 2.45) is 0 Å². The lowest BCUT2D eigenvalue weighted by molar-refractivity contribution is -0.118. The van der Waals surface area contributed by atoms with Crippen LogP contribution < -0.4 is 5.32 Å². The van der Waals surface area contributed by atoms with Gasteiger partial charge in [-0.15, -0.1) is 0 Å². The minimum atomic E-state index is -2.17. The monoisotopic (exact) mass is 219 g/mol. The number of carbonyl (C=O) groups excluding carboxylic acids is 1. The Morgan fingerprint density at radius 3 is 2.71 bits per heavy atom. The van der Waals surface area contributed by atoms with Crippen LogP contribution in [0.1, 0.15) is 5.56 Å². The van der Waals surface area contributed by atoms with Gasteiger partial charge in [0, 0.05) is 0 Å².